The molecule has 0 aliphatic carbocycles. The SMILES string of the molecule is C[C@H](OC(=O)c1cc(C(F)(F)F)cc(C(F)(F)F)c1)C(N)=O. The second-order valence-corrected chi connectivity index (χ2v) is 4.24. The predicted octanol–water partition coefficient (Wildman–Crippen LogP) is 2.75. The molecule has 1 rings (SSSR count). The van der Waals surface area contributed by atoms with Crippen molar-refractivity contribution in [3.63, 3.8) is 0 Å². The molecule has 0 heterocycles. The lowest BCUT2D eigenvalue weighted by molar-refractivity contribution is -0.143. The van der Waals surface area contributed by atoms with Gasteiger partial charge in [0.05, 0.1) is 16.7 Å². The van der Waals surface area contributed by atoms with Crippen LogP contribution < -0.4 is 5.73 Å². The van der Waals surface area contributed by atoms with Crippen LogP contribution in [0.15, 0.2) is 18.2 Å². The minimum Gasteiger partial charge on any atom is -0.449 e. The summed E-state index contributed by atoms with van der Waals surface area (Å²) in [5.74, 6) is -2.63. The van der Waals surface area contributed by atoms with Gasteiger partial charge in [-0.05, 0) is 25.1 Å². The number of hydrogen-bond acceptors (Lipinski definition) is 3. The number of primary amides is 1. The van der Waals surface area contributed by atoms with Crippen molar-refractivity contribution < 1.29 is 40.7 Å². The van der Waals surface area contributed by atoms with Crippen LogP contribution in [0.5, 0.6) is 0 Å². The Labute approximate surface area is 119 Å². The monoisotopic (exact) mass is 329 g/mol. The van der Waals surface area contributed by atoms with Gasteiger partial charge in [-0.25, -0.2) is 4.79 Å². The molecule has 1 atom stereocenters. The number of amides is 1. The summed E-state index contributed by atoms with van der Waals surface area (Å²) in [6.45, 7) is 1.03. The van der Waals surface area contributed by atoms with Crippen LogP contribution in [0.1, 0.15) is 28.4 Å². The lowest BCUT2D eigenvalue weighted by atomic mass is 10.0. The average Bonchev–Trinajstić information content (AvgIpc) is 2.35. The molecule has 0 aliphatic rings. The van der Waals surface area contributed by atoms with E-state index in [9.17, 15) is 35.9 Å². The fourth-order valence-corrected chi connectivity index (χ4v) is 1.36. The van der Waals surface area contributed by atoms with Crippen molar-refractivity contribution in [2.75, 3.05) is 0 Å². The zero-order chi connectivity index (χ0) is 17.3. The van der Waals surface area contributed by atoms with E-state index in [1.54, 1.807) is 0 Å². The molecule has 1 aromatic rings. The number of carbonyl (C=O) groups excluding carboxylic acids is 2. The molecule has 2 N–H and O–H groups in total. The van der Waals surface area contributed by atoms with Gasteiger partial charge in [0.2, 0.25) is 0 Å². The van der Waals surface area contributed by atoms with Gasteiger partial charge in [0.15, 0.2) is 6.10 Å². The lowest BCUT2D eigenvalue weighted by Gasteiger charge is -2.15. The van der Waals surface area contributed by atoms with E-state index >= 15 is 0 Å². The number of hydrogen-bond donors (Lipinski definition) is 1. The third kappa shape index (κ3) is 4.37. The van der Waals surface area contributed by atoms with Gasteiger partial charge >= 0.3 is 18.3 Å². The summed E-state index contributed by atoms with van der Waals surface area (Å²) in [7, 11) is 0. The number of ether oxygens (including phenoxy) is 1. The van der Waals surface area contributed by atoms with E-state index in [-0.39, 0.29) is 18.2 Å². The summed E-state index contributed by atoms with van der Waals surface area (Å²) in [5, 5.41) is 0. The van der Waals surface area contributed by atoms with Crippen LogP contribution >= 0.6 is 0 Å². The Balaban J connectivity index is 3.30. The van der Waals surface area contributed by atoms with Gasteiger partial charge in [0.1, 0.15) is 0 Å². The Morgan fingerprint density at radius 1 is 1.00 bits per heavy atom. The number of esters is 1. The van der Waals surface area contributed by atoms with E-state index in [1.807, 2.05) is 0 Å². The number of carbonyl (C=O) groups is 2. The first kappa shape index (κ1) is 17.8. The highest BCUT2D eigenvalue weighted by molar-refractivity contribution is 5.92. The van der Waals surface area contributed by atoms with Crippen LogP contribution in [0.3, 0.4) is 0 Å². The van der Waals surface area contributed by atoms with Crippen LogP contribution in [0, 0.1) is 0 Å². The maximum Gasteiger partial charge on any atom is 0.416 e. The molecule has 0 radical (unpaired) electrons. The first-order chi connectivity index (χ1) is 9.82. The van der Waals surface area contributed by atoms with Crippen LogP contribution in [0.25, 0.3) is 0 Å². The zero-order valence-electron chi connectivity index (χ0n) is 10.9. The van der Waals surface area contributed by atoms with Crippen LogP contribution in [0.4, 0.5) is 26.3 Å². The molecule has 0 saturated heterocycles. The molecule has 0 fully saturated rings. The van der Waals surface area contributed by atoms with Crippen LogP contribution in [-0.4, -0.2) is 18.0 Å². The third-order valence-corrected chi connectivity index (χ3v) is 2.51. The van der Waals surface area contributed by atoms with E-state index in [4.69, 9.17) is 5.73 Å². The maximum absolute atomic E-state index is 12.6. The molecule has 4 nitrogen and oxygen atoms in total. The smallest absolute Gasteiger partial charge is 0.416 e. The Kier molecular flexibility index (Phi) is 4.73. The van der Waals surface area contributed by atoms with Gasteiger partial charge in [-0.15, -0.1) is 0 Å². The first-order valence-electron chi connectivity index (χ1n) is 5.62. The molecule has 0 aromatic heterocycles. The van der Waals surface area contributed by atoms with Crippen molar-refractivity contribution in [3.05, 3.63) is 34.9 Å². The summed E-state index contributed by atoms with van der Waals surface area (Å²) < 4.78 is 80.0. The van der Waals surface area contributed by atoms with Gasteiger partial charge in [-0.3, -0.25) is 4.79 Å². The topological polar surface area (TPSA) is 69.4 Å². The van der Waals surface area contributed by atoms with Crippen molar-refractivity contribution >= 4 is 11.9 Å². The van der Waals surface area contributed by atoms with Gasteiger partial charge in [0.25, 0.3) is 5.91 Å². The number of halogens is 6. The van der Waals surface area contributed by atoms with Gasteiger partial charge in [-0.1, -0.05) is 0 Å². The third-order valence-electron chi connectivity index (χ3n) is 2.51. The molecule has 1 aromatic carbocycles. The van der Waals surface area contributed by atoms with Gasteiger partial charge in [-0.2, -0.15) is 26.3 Å². The second-order valence-electron chi connectivity index (χ2n) is 4.24. The Bertz CT molecular complexity index is 561. The first-order valence-corrected chi connectivity index (χ1v) is 5.62. The number of benzene rings is 1. The number of rotatable bonds is 3. The summed E-state index contributed by atoms with van der Waals surface area (Å²) in [6.07, 6.45) is -11.7. The molecule has 122 valence electrons. The summed E-state index contributed by atoms with van der Waals surface area (Å²) in [6, 6.07) is 0.269. The molecule has 0 bridgehead atoms. The van der Waals surface area contributed by atoms with Crippen LogP contribution in [0.2, 0.25) is 0 Å². The molecule has 0 spiro atoms. The van der Waals surface area contributed by atoms with E-state index in [1.165, 1.54) is 0 Å². The number of nitrogens with two attached hydrogens (primary N) is 1. The zero-order valence-corrected chi connectivity index (χ0v) is 10.9. The average molecular weight is 329 g/mol. The fourth-order valence-electron chi connectivity index (χ4n) is 1.36. The standard InChI is InChI=1S/C12H9F6NO3/c1-5(9(19)20)22-10(21)6-2-7(11(13,14)15)4-8(3-6)12(16,17)18/h2-5H,1H3,(H2,19,20)/t5-/m0/s1. The molecule has 0 unspecified atom stereocenters. The molecular weight excluding hydrogens is 320 g/mol. The van der Waals surface area contributed by atoms with Crippen LogP contribution in [-0.2, 0) is 21.9 Å². The van der Waals surface area contributed by atoms with E-state index in [0.29, 0.717) is 0 Å². The normalized spacial score (nSPS) is 13.6. The van der Waals surface area contributed by atoms with Crippen molar-refractivity contribution in [1.82, 2.24) is 0 Å². The molecule has 0 aliphatic heterocycles. The quantitative estimate of drug-likeness (QED) is 0.685. The molecule has 1 amide bonds. The van der Waals surface area contributed by atoms with Gasteiger partial charge in [0, 0.05) is 0 Å². The van der Waals surface area contributed by atoms with Crippen molar-refractivity contribution in [1.29, 1.82) is 0 Å². The number of alkyl halides is 6. The molecular formula is C12H9F6NO3. The highest BCUT2D eigenvalue weighted by atomic mass is 19.4. The molecule has 0 saturated carbocycles. The predicted molar refractivity (Wildman–Crippen MR) is 60.5 cm³/mol. The highest BCUT2D eigenvalue weighted by Gasteiger charge is 2.37. The summed E-state index contributed by atoms with van der Waals surface area (Å²) in [4.78, 5) is 22.3. The molecule has 22 heavy (non-hydrogen) atoms. The maximum atomic E-state index is 12.6. The minimum absolute atomic E-state index is 0.131. The Hall–Kier alpha value is -2.26. The Morgan fingerprint density at radius 2 is 1.41 bits per heavy atom. The highest BCUT2D eigenvalue weighted by Crippen LogP contribution is 2.36. The van der Waals surface area contributed by atoms with E-state index in [2.05, 4.69) is 4.74 Å². The van der Waals surface area contributed by atoms with Gasteiger partial charge < -0.3 is 10.5 Å². The minimum atomic E-state index is -5.09. The Morgan fingerprint density at radius 3 is 1.73 bits per heavy atom. The summed E-state index contributed by atoms with van der Waals surface area (Å²) in [5.41, 5.74) is 0.463. The second kappa shape index (κ2) is 5.85. The fraction of sp³-hybridized carbons (Fsp3) is 0.333. The molecule has 10 heteroatoms. The van der Waals surface area contributed by atoms with Crippen molar-refractivity contribution in [3.8, 4) is 0 Å². The van der Waals surface area contributed by atoms with Crippen molar-refractivity contribution in [2.45, 2.75) is 25.4 Å². The summed E-state index contributed by atoms with van der Waals surface area (Å²) >= 11 is 0. The van der Waals surface area contributed by atoms with E-state index < -0.39 is 47.0 Å². The largest absolute Gasteiger partial charge is 0.449 e. The van der Waals surface area contributed by atoms with Crippen molar-refractivity contribution in [2.24, 2.45) is 5.73 Å². The lowest BCUT2D eigenvalue weighted by Crippen LogP contribution is -2.30. The van der Waals surface area contributed by atoms with E-state index in [0.717, 1.165) is 6.92 Å².